The molecule has 4 fully saturated rings. The molecule has 0 aromatic heterocycles. The maximum atomic E-state index is 13.6. The first-order valence-corrected chi connectivity index (χ1v) is 13.3. The van der Waals surface area contributed by atoms with Crippen LogP contribution >= 0.6 is 0 Å². The fourth-order valence-electron chi connectivity index (χ4n) is 6.63. The summed E-state index contributed by atoms with van der Waals surface area (Å²) < 4.78 is 46.6. The summed E-state index contributed by atoms with van der Waals surface area (Å²) in [6.07, 6.45) is -1.19. The van der Waals surface area contributed by atoms with Crippen molar-refractivity contribution in [2.24, 2.45) is 5.92 Å². The molecule has 0 spiro atoms. The molecule has 2 N–H and O–H groups in total. The Bertz CT molecular complexity index is 1060. The number of carbonyl (C=O) groups is 2. The monoisotopic (exact) mass is 534 g/mol. The molecule has 0 radical (unpaired) electrons. The molecule has 0 aliphatic carbocycles. The van der Waals surface area contributed by atoms with E-state index in [4.69, 9.17) is 10.00 Å². The summed E-state index contributed by atoms with van der Waals surface area (Å²) in [5, 5.41) is 9.03. The molecule has 4 heterocycles. The lowest BCUT2D eigenvalue weighted by molar-refractivity contribution is -0.201. The van der Waals surface area contributed by atoms with E-state index in [2.05, 4.69) is 21.8 Å². The quantitative estimate of drug-likeness (QED) is 0.515. The Morgan fingerprint density at radius 2 is 1.84 bits per heavy atom. The number of nitrogens with one attached hydrogen (secondary N) is 2. The maximum absolute atomic E-state index is 13.6. The van der Waals surface area contributed by atoms with E-state index in [1.165, 1.54) is 0 Å². The van der Waals surface area contributed by atoms with Crippen molar-refractivity contribution in [3.8, 4) is 6.07 Å². The first-order chi connectivity index (χ1) is 18.3. The highest BCUT2D eigenvalue weighted by molar-refractivity contribution is 5.80. The SMILES string of the molecule is N#Cc1ccc(N2CCC3C2CCN3C(=O)CCOC[C@@H]2CCCN2C2CNNC(=O)C2C(F)(F)F)cc1. The summed E-state index contributed by atoms with van der Waals surface area (Å²) in [4.78, 5) is 31.0. The van der Waals surface area contributed by atoms with Gasteiger partial charge in [0.2, 0.25) is 11.8 Å². The van der Waals surface area contributed by atoms with Crippen molar-refractivity contribution in [2.45, 2.75) is 62.4 Å². The number of amides is 2. The molecule has 4 unspecified atom stereocenters. The summed E-state index contributed by atoms with van der Waals surface area (Å²) in [5.74, 6) is -3.10. The summed E-state index contributed by atoms with van der Waals surface area (Å²) >= 11 is 0. The van der Waals surface area contributed by atoms with Crippen molar-refractivity contribution in [3.63, 3.8) is 0 Å². The first-order valence-electron chi connectivity index (χ1n) is 13.3. The molecule has 4 aliphatic heterocycles. The number of halogens is 3. The predicted octanol–water partition coefficient (Wildman–Crippen LogP) is 1.79. The van der Waals surface area contributed by atoms with E-state index >= 15 is 0 Å². The van der Waals surface area contributed by atoms with Crippen molar-refractivity contribution in [2.75, 3.05) is 44.3 Å². The maximum Gasteiger partial charge on any atom is 0.402 e. The van der Waals surface area contributed by atoms with E-state index in [0.717, 1.165) is 31.5 Å². The van der Waals surface area contributed by atoms with Gasteiger partial charge in [0.1, 0.15) is 0 Å². The molecule has 5 atom stereocenters. The van der Waals surface area contributed by atoms with Crippen molar-refractivity contribution >= 4 is 17.5 Å². The summed E-state index contributed by atoms with van der Waals surface area (Å²) in [7, 11) is 0. The average molecular weight is 535 g/mol. The van der Waals surface area contributed by atoms with Crippen LogP contribution in [0.3, 0.4) is 0 Å². The van der Waals surface area contributed by atoms with Crippen LogP contribution in [0, 0.1) is 17.2 Å². The standard InChI is InChI=1S/C26H33F3N6O3/c27-26(28,29)24-22(15-31-32-25(24)37)33-10-1-2-19(33)16-38-13-9-23(36)35-12-8-20-21(35)7-11-34(20)18-5-3-17(14-30)4-6-18/h3-6,19-22,24,31H,1-2,7-13,15-16H2,(H,32,37)/t19-,20?,21?,22?,24?/m0/s1. The van der Waals surface area contributed by atoms with Gasteiger partial charge in [0.05, 0.1) is 43.4 Å². The number of benzene rings is 1. The zero-order valence-electron chi connectivity index (χ0n) is 21.1. The highest BCUT2D eigenvalue weighted by Gasteiger charge is 2.54. The third-order valence-electron chi connectivity index (χ3n) is 8.39. The summed E-state index contributed by atoms with van der Waals surface area (Å²) in [6, 6.07) is 8.86. The number of hydrogen-bond acceptors (Lipinski definition) is 7. The molecule has 206 valence electrons. The molecule has 4 saturated heterocycles. The Morgan fingerprint density at radius 3 is 2.58 bits per heavy atom. The number of nitriles is 1. The molecule has 2 amide bonds. The number of hydrogen-bond donors (Lipinski definition) is 2. The fourth-order valence-corrected chi connectivity index (χ4v) is 6.63. The highest BCUT2D eigenvalue weighted by Crippen LogP contribution is 2.37. The fraction of sp³-hybridized carbons (Fsp3) is 0.654. The van der Waals surface area contributed by atoms with Crippen molar-refractivity contribution in [1.29, 1.82) is 5.26 Å². The number of anilines is 1. The number of nitrogens with zero attached hydrogens (tertiary/aromatic N) is 4. The van der Waals surface area contributed by atoms with Gasteiger partial charge in [-0.2, -0.15) is 18.4 Å². The van der Waals surface area contributed by atoms with Crippen LogP contribution in [-0.2, 0) is 14.3 Å². The van der Waals surface area contributed by atoms with Crippen LogP contribution in [0.15, 0.2) is 24.3 Å². The number of rotatable bonds is 7. The smallest absolute Gasteiger partial charge is 0.379 e. The van der Waals surface area contributed by atoms with Gasteiger partial charge >= 0.3 is 6.18 Å². The summed E-state index contributed by atoms with van der Waals surface area (Å²) in [5.41, 5.74) is 6.38. The number of hydrazine groups is 1. The molecule has 12 heteroatoms. The van der Waals surface area contributed by atoms with Crippen LogP contribution in [0.5, 0.6) is 0 Å². The molecular formula is C26H33F3N6O3. The van der Waals surface area contributed by atoms with Crippen LogP contribution in [0.4, 0.5) is 18.9 Å². The van der Waals surface area contributed by atoms with Crippen molar-refractivity contribution in [1.82, 2.24) is 20.7 Å². The predicted molar refractivity (Wildman–Crippen MR) is 132 cm³/mol. The third-order valence-corrected chi connectivity index (χ3v) is 8.39. The van der Waals surface area contributed by atoms with Crippen LogP contribution in [-0.4, -0.2) is 91.4 Å². The number of alkyl halides is 3. The molecule has 4 aliphatic rings. The molecular weight excluding hydrogens is 501 g/mol. The molecule has 1 aromatic carbocycles. The van der Waals surface area contributed by atoms with Crippen LogP contribution in [0.25, 0.3) is 0 Å². The molecule has 0 saturated carbocycles. The Balaban J connectivity index is 1.10. The minimum atomic E-state index is -4.62. The van der Waals surface area contributed by atoms with E-state index in [1.807, 2.05) is 29.2 Å². The van der Waals surface area contributed by atoms with Gasteiger partial charge in [0, 0.05) is 37.4 Å². The number of likely N-dealkylation sites (tertiary alicyclic amines) is 2. The number of fused-ring (bicyclic) bond motifs is 1. The molecule has 9 nitrogen and oxygen atoms in total. The van der Waals surface area contributed by atoms with Gasteiger partial charge in [0.15, 0.2) is 5.92 Å². The van der Waals surface area contributed by atoms with E-state index in [1.54, 1.807) is 4.90 Å². The zero-order chi connectivity index (χ0) is 26.9. The van der Waals surface area contributed by atoms with Crippen LogP contribution in [0.2, 0.25) is 0 Å². The Labute approximate surface area is 219 Å². The van der Waals surface area contributed by atoms with Gasteiger partial charge < -0.3 is 14.5 Å². The molecule has 38 heavy (non-hydrogen) atoms. The van der Waals surface area contributed by atoms with Crippen molar-refractivity contribution in [3.05, 3.63) is 29.8 Å². The second kappa shape index (κ2) is 11.1. The van der Waals surface area contributed by atoms with Gasteiger partial charge in [-0.05, 0) is 56.5 Å². The lowest BCUT2D eigenvalue weighted by Crippen LogP contribution is -2.65. The van der Waals surface area contributed by atoms with Crippen molar-refractivity contribution < 1.29 is 27.5 Å². The lowest BCUT2D eigenvalue weighted by atomic mass is 9.94. The number of ether oxygens (including phenoxy) is 1. The minimum Gasteiger partial charge on any atom is -0.379 e. The molecule has 1 aromatic rings. The first kappa shape index (κ1) is 26.7. The van der Waals surface area contributed by atoms with Crippen LogP contribution in [0.1, 0.15) is 37.7 Å². The second-order valence-corrected chi connectivity index (χ2v) is 10.5. The van der Waals surface area contributed by atoms with E-state index in [9.17, 15) is 22.8 Å². The second-order valence-electron chi connectivity index (χ2n) is 10.5. The van der Waals surface area contributed by atoms with E-state index in [-0.39, 0.29) is 50.2 Å². The normalized spacial score (nSPS) is 29.8. The average Bonchev–Trinajstić information content (AvgIpc) is 3.62. The number of carbonyl (C=O) groups excluding carboxylic acids is 2. The Morgan fingerprint density at radius 1 is 1.08 bits per heavy atom. The third kappa shape index (κ3) is 5.32. The Kier molecular flexibility index (Phi) is 7.79. The molecule has 5 rings (SSSR count). The van der Waals surface area contributed by atoms with Gasteiger partial charge in [-0.25, -0.2) is 5.43 Å². The van der Waals surface area contributed by atoms with Gasteiger partial charge in [-0.3, -0.25) is 19.9 Å². The topological polar surface area (TPSA) is 101 Å². The molecule has 0 bridgehead atoms. The zero-order valence-corrected chi connectivity index (χ0v) is 21.1. The minimum absolute atomic E-state index is 0.0158. The van der Waals surface area contributed by atoms with Gasteiger partial charge in [0.25, 0.3) is 0 Å². The highest BCUT2D eigenvalue weighted by atomic mass is 19.4. The van der Waals surface area contributed by atoms with E-state index < -0.39 is 24.0 Å². The van der Waals surface area contributed by atoms with Gasteiger partial charge in [-0.15, -0.1) is 0 Å². The van der Waals surface area contributed by atoms with Gasteiger partial charge in [-0.1, -0.05) is 0 Å². The van der Waals surface area contributed by atoms with Crippen LogP contribution < -0.4 is 15.8 Å². The summed E-state index contributed by atoms with van der Waals surface area (Å²) in [6.45, 7) is 2.48. The Hall–Kier alpha value is -2.88. The largest absolute Gasteiger partial charge is 0.402 e. The van der Waals surface area contributed by atoms with E-state index in [0.29, 0.717) is 25.1 Å². The lowest BCUT2D eigenvalue weighted by Gasteiger charge is -2.40.